The molecule has 11 heteroatoms. The lowest BCUT2D eigenvalue weighted by atomic mass is 9.97. The number of aliphatic hydroxyl groups is 1. The first kappa shape index (κ1) is 23.5. The van der Waals surface area contributed by atoms with E-state index in [0.717, 1.165) is 0 Å². The highest BCUT2D eigenvalue weighted by atomic mass is 19.1. The topological polar surface area (TPSA) is 138 Å². The van der Waals surface area contributed by atoms with Crippen molar-refractivity contribution in [1.29, 1.82) is 0 Å². The monoisotopic (exact) mass is 449 g/mol. The van der Waals surface area contributed by atoms with Gasteiger partial charge in [-0.1, -0.05) is 11.2 Å². The second kappa shape index (κ2) is 10.9. The van der Waals surface area contributed by atoms with Crippen molar-refractivity contribution >= 4 is 23.4 Å². The van der Waals surface area contributed by atoms with Gasteiger partial charge in [-0.25, -0.2) is 14.0 Å². The number of aryl methyl sites for hydroxylation is 2. The molecule has 174 valence electrons. The van der Waals surface area contributed by atoms with Crippen LogP contribution >= 0.6 is 0 Å². The number of nitrogens with one attached hydrogen (secondary N) is 4. The zero-order chi connectivity index (χ0) is 23.1. The molecular formula is C21H28FN5O5. The molecule has 0 saturated carbocycles. The first-order chi connectivity index (χ1) is 15.4. The number of benzene rings is 1. The molecule has 0 unspecified atom stereocenters. The molecular weight excluding hydrogens is 421 g/mol. The van der Waals surface area contributed by atoms with Gasteiger partial charge in [-0.3, -0.25) is 0 Å². The van der Waals surface area contributed by atoms with E-state index in [2.05, 4.69) is 26.4 Å². The fourth-order valence-corrected chi connectivity index (χ4v) is 3.58. The van der Waals surface area contributed by atoms with Crippen LogP contribution in [-0.4, -0.2) is 53.7 Å². The number of hydrogen-bond donors (Lipinski definition) is 5. The van der Waals surface area contributed by atoms with Crippen LogP contribution in [-0.2, 0) is 4.74 Å². The zero-order valence-corrected chi connectivity index (χ0v) is 18.0. The molecule has 5 N–H and O–H groups in total. The number of carbonyl (C=O) groups excluding carboxylic acids is 2. The third-order valence-electron chi connectivity index (χ3n) is 5.22. The fourth-order valence-electron chi connectivity index (χ4n) is 3.58. The number of aromatic nitrogens is 1. The normalized spacial score (nSPS) is 20.4. The van der Waals surface area contributed by atoms with E-state index < -0.39 is 18.0 Å². The highest BCUT2D eigenvalue weighted by Crippen LogP contribution is 2.22. The number of aliphatic hydroxyl groups excluding tert-OH is 1. The Morgan fingerprint density at radius 2 is 2.03 bits per heavy atom. The first-order valence-corrected chi connectivity index (χ1v) is 10.4. The summed E-state index contributed by atoms with van der Waals surface area (Å²) in [7, 11) is 0. The number of rotatable bonds is 7. The Morgan fingerprint density at radius 3 is 2.72 bits per heavy atom. The zero-order valence-electron chi connectivity index (χ0n) is 18.0. The maximum Gasteiger partial charge on any atom is 0.319 e. The van der Waals surface area contributed by atoms with Gasteiger partial charge in [0.1, 0.15) is 23.3 Å². The Labute approximate surface area is 184 Å². The number of nitrogens with zero attached hydrogens (tertiary/aromatic N) is 1. The summed E-state index contributed by atoms with van der Waals surface area (Å²) in [4.78, 5) is 24.3. The maximum absolute atomic E-state index is 13.3. The Morgan fingerprint density at radius 1 is 1.22 bits per heavy atom. The van der Waals surface area contributed by atoms with Crippen molar-refractivity contribution in [3.05, 3.63) is 41.5 Å². The highest BCUT2D eigenvalue weighted by molar-refractivity contribution is 5.90. The van der Waals surface area contributed by atoms with Gasteiger partial charge in [-0.15, -0.1) is 0 Å². The van der Waals surface area contributed by atoms with Crippen LogP contribution in [0.1, 0.15) is 30.7 Å². The molecule has 0 bridgehead atoms. The van der Waals surface area contributed by atoms with Crippen LogP contribution in [0.4, 0.5) is 25.4 Å². The summed E-state index contributed by atoms with van der Waals surface area (Å²) in [5.74, 6) is 0.0768. The van der Waals surface area contributed by atoms with Crippen molar-refractivity contribution in [2.75, 3.05) is 23.8 Å². The van der Waals surface area contributed by atoms with Gasteiger partial charge < -0.3 is 35.6 Å². The highest BCUT2D eigenvalue weighted by Gasteiger charge is 2.31. The van der Waals surface area contributed by atoms with E-state index in [9.17, 15) is 19.1 Å². The van der Waals surface area contributed by atoms with Crippen molar-refractivity contribution in [3.8, 4) is 0 Å². The SMILES string of the molecule is Cc1noc(C)c1NC(=O)NCC[C@H]1CC[C@@H](NC(=O)Nc2cccc(F)c2)[C@H](CO)O1. The molecule has 32 heavy (non-hydrogen) atoms. The maximum atomic E-state index is 13.3. The van der Waals surface area contributed by atoms with Gasteiger partial charge in [0.2, 0.25) is 0 Å². The number of carbonyl (C=O) groups is 2. The standard InChI is InChI=1S/C21H28FN5O5/c1-12-19(13(2)32-27-12)26-20(29)23-9-8-16-6-7-17(18(11-28)31-16)25-21(30)24-15-5-3-4-14(22)10-15/h3-5,10,16-18,28H,6-9,11H2,1-2H3,(H2,23,26,29)(H2,24,25,30)/t16-,17-,18+/m1/s1. The van der Waals surface area contributed by atoms with Gasteiger partial charge in [0.05, 0.1) is 18.8 Å². The van der Waals surface area contributed by atoms with Crippen molar-refractivity contribution in [2.24, 2.45) is 0 Å². The van der Waals surface area contributed by atoms with Crippen LogP contribution in [0.25, 0.3) is 0 Å². The molecule has 1 saturated heterocycles. The van der Waals surface area contributed by atoms with Gasteiger partial charge in [0.15, 0.2) is 5.76 Å². The molecule has 0 spiro atoms. The van der Waals surface area contributed by atoms with Crippen molar-refractivity contribution in [2.45, 2.75) is 51.4 Å². The summed E-state index contributed by atoms with van der Waals surface area (Å²) in [5.41, 5.74) is 1.47. The molecule has 1 aromatic carbocycles. The van der Waals surface area contributed by atoms with Crippen LogP contribution in [0.15, 0.2) is 28.8 Å². The average molecular weight is 449 g/mol. The van der Waals surface area contributed by atoms with Crippen LogP contribution in [0.5, 0.6) is 0 Å². The van der Waals surface area contributed by atoms with Crippen LogP contribution in [0, 0.1) is 19.7 Å². The Bertz CT molecular complexity index is 918. The minimum absolute atomic E-state index is 0.171. The second-order valence-electron chi connectivity index (χ2n) is 7.64. The minimum Gasteiger partial charge on any atom is -0.394 e. The van der Waals surface area contributed by atoms with E-state index in [0.29, 0.717) is 48.6 Å². The number of amides is 4. The van der Waals surface area contributed by atoms with E-state index in [-0.39, 0.29) is 24.8 Å². The Balaban J connectivity index is 1.41. The molecule has 1 fully saturated rings. The van der Waals surface area contributed by atoms with Crippen molar-refractivity contribution in [1.82, 2.24) is 15.8 Å². The summed E-state index contributed by atoms with van der Waals surface area (Å²) < 4.78 is 24.2. The van der Waals surface area contributed by atoms with Gasteiger partial charge in [0.25, 0.3) is 0 Å². The first-order valence-electron chi connectivity index (χ1n) is 10.4. The van der Waals surface area contributed by atoms with Crippen LogP contribution < -0.4 is 21.3 Å². The molecule has 3 atom stereocenters. The number of ether oxygens (including phenoxy) is 1. The third-order valence-corrected chi connectivity index (χ3v) is 5.22. The van der Waals surface area contributed by atoms with Crippen molar-refractivity contribution in [3.63, 3.8) is 0 Å². The van der Waals surface area contributed by atoms with E-state index in [1.807, 2.05) is 0 Å². The van der Waals surface area contributed by atoms with Gasteiger partial charge in [-0.05, 0) is 51.3 Å². The summed E-state index contributed by atoms with van der Waals surface area (Å²) in [6, 6.07) is 4.31. The van der Waals surface area contributed by atoms with E-state index in [1.54, 1.807) is 19.9 Å². The molecule has 1 aliphatic rings. The smallest absolute Gasteiger partial charge is 0.319 e. The number of hydrogen-bond acceptors (Lipinski definition) is 6. The molecule has 2 heterocycles. The number of anilines is 2. The van der Waals surface area contributed by atoms with E-state index >= 15 is 0 Å². The molecule has 3 rings (SSSR count). The molecule has 0 radical (unpaired) electrons. The average Bonchev–Trinajstić information content (AvgIpc) is 3.06. The lowest BCUT2D eigenvalue weighted by Gasteiger charge is -2.36. The number of halogens is 1. The van der Waals surface area contributed by atoms with Crippen LogP contribution in [0.3, 0.4) is 0 Å². The Hall–Kier alpha value is -3.18. The quantitative estimate of drug-likeness (QED) is 0.441. The predicted octanol–water partition coefficient (Wildman–Crippen LogP) is 2.67. The van der Waals surface area contributed by atoms with E-state index in [1.165, 1.54) is 18.2 Å². The second-order valence-corrected chi connectivity index (χ2v) is 7.64. The molecule has 4 amide bonds. The molecule has 10 nitrogen and oxygen atoms in total. The molecule has 1 aliphatic heterocycles. The molecule has 0 aliphatic carbocycles. The fraction of sp³-hybridized carbons (Fsp3) is 0.476. The Kier molecular flexibility index (Phi) is 8.01. The predicted molar refractivity (Wildman–Crippen MR) is 115 cm³/mol. The van der Waals surface area contributed by atoms with Gasteiger partial charge >= 0.3 is 12.1 Å². The lowest BCUT2D eigenvalue weighted by Crippen LogP contribution is -2.52. The third kappa shape index (κ3) is 6.41. The summed E-state index contributed by atoms with van der Waals surface area (Å²) in [5, 5.41) is 24.3. The summed E-state index contributed by atoms with van der Waals surface area (Å²) >= 11 is 0. The van der Waals surface area contributed by atoms with Gasteiger partial charge in [-0.2, -0.15) is 0 Å². The van der Waals surface area contributed by atoms with E-state index in [4.69, 9.17) is 9.26 Å². The molecule has 2 aromatic rings. The largest absolute Gasteiger partial charge is 0.394 e. The van der Waals surface area contributed by atoms with Crippen molar-refractivity contribution < 1.29 is 28.3 Å². The summed E-state index contributed by atoms with van der Waals surface area (Å²) in [6.45, 7) is 3.56. The minimum atomic E-state index is -0.580. The van der Waals surface area contributed by atoms with Gasteiger partial charge in [0, 0.05) is 12.2 Å². The summed E-state index contributed by atoms with van der Waals surface area (Å²) in [6.07, 6.45) is 1.04. The lowest BCUT2D eigenvalue weighted by molar-refractivity contribution is -0.0885. The van der Waals surface area contributed by atoms with Crippen LogP contribution in [0.2, 0.25) is 0 Å². The number of urea groups is 2. The molecule has 1 aromatic heterocycles.